The Hall–Kier alpha value is -3.02. The van der Waals surface area contributed by atoms with Crippen molar-refractivity contribution in [2.45, 2.75) is 34.6 Å². The largest absolute Gasteiger partial charge is 0.507 e. The predicted molar refractivity (Wildman–Crippen MR) is 105 cm³/mol. The van der Waals surface area contributed by atoms with Crippen molar-refractivity contribution in [3.8, 4) is 11.5 Å². The average molecular weight is 369 g/mol. The molecule has 27 heavy (non-hydrogen) atoms. The van der Waals surface area contributed by atoms with E-state index >= 15 is 0 Å². The van der Waals surface area contributed by atoms with Gasteiger partial charge in [-0.2, -0.15) is 0 Å². The van der Waals surface area contributed by atoms with Crippen LogP contribution in [0.2, 0.25) is 0 Å². The summed E-state index contributed by atoms with van der Waals surface area (Å²) in [5.74, 6) is -1.09. The first kappa shape index (κ1) is 18.8. The Morgan fingerprint density at radius 3 is 1.89 bits per heavy atom. The molecule has 3 rings (SSSR count). The highest BCUT2D eigenvalue weighted by molar-refractivity contribution is 6.40. The van der Waals surface area contributed by atoms with E-state index in [1.165, 1.54) is 12.1 Å². The first-order valence-corrected chi connectivity index (χ1v) is 9.05. The Morgan fingerprint density at radius 1 is 0.926 bits per heavy atom. The molecule has 0 saturated heterocycles. The van der Waals surface area contributed by atoms with Crippen LogP contribution >= 0.6 is 0 Å². The number of hydrogen-bond acceptors (Lipinski definition) is 5. The number of phenols is 2. The standard InChI is InChI=1S/C21H24N2O4/c1-6-23(7-2)13-8-14(24)16(15(25)9-13)17-20(26)18(21(17)27)19-11(4)10(3)12(5)22-19/h8-9,24-26H,6-7H2,1-5H3/p+1. The number of nitrogens with one attached hydrogen (secondary N) is 1. The number of aliphatic hydroxyl groups excluding tert-OH is 1. The summed E-state index contributed by atoms with van der Waals surface area (Å²) in [6.07, 6.45) is 0. The number of aliphatic hydroxyl groups is 1. The second kappa shape index (κ2) is 6.61. The van der Waals surface area contributed by atoms with Gasteiger partial charge in [0, 0.05) is 49.0 Å². The number of carbonyl (C=O) groups excluding carboxylic acids is 1. The zero-order valence-corrected chi connectivity index (χ0v) is 16.3. The van der Waals surface area contributed by atoms with Crippen molar-refractivity contribution in [1.29, 1.82) is 0 Å². The maximum absolute atomic E-state index is 12.8. The normalized spacial score (nSPS) is 19.6. The van der Waals surface area contributed by atoms with Crippen LogP contribution in [0.15, 0.2) is 40.3 Å². The van der Waals surface area contributed by atoms with Gasteiger partial charge in [0.1, 0.15) is 22.8 Å². The Bertz CT molecular complexity index is 953. The number of ketones is 1. The lowest BCUT2D eigenvalue weighted by molar-refractivity contribution is -0.389. The lowest BCUT2D eigenvalue weighted by Crippen LogP contribution is -2.69. The Kier molecular flexibility index (Phi) is 4.59. The second-order valence-corrected chi connectivity index (χ2v) is 6.83. The number of aromatic hydroxyl groups is 2. The third kappa shape index (κ3) is 2.72. The summed E-state index contributed by atoms with van der Waals surface area (Å²) in [4.78, 5) is 17.9. The summed E-state index contributed by atoms with van der Waals surface area (Å²) in [5.41, 5.74) is 4.18. The minimum atomic E-state index is -0.405. The van der Waals surface area contributed by atoms with Gasteiger partial charge in [0.05, 0.1) is 11.1 Å². The molecule has 6 heteroatoms. The predicted octanol–water partition coefficient (Wildman–Crippen LogP) is 1.94. The van der Waals surface area contributed by atoms with Gasteiger partial charge in [-0.25, -0.2) is 4.99 Å². The SMILES string of the molecule is CCN(CC)c1cc(O)c(C2=C(O)C(=C3[NH+]=C(C)C(C)=C3C)C2=O)c(O)c1. The summed E-state index contributed by atoms with van der Waals surface area (Å²) in [6.45, 7) is 11.1. The molecule has 0 unspecified atom stereocenters. The van der Waals surface area contributed by atoms with Crippen molar-refractivity contribution >= 4 is 22.8 Å². The number of phenolic OH excluding ortho intramolecular Hbond substituents is 2. The van der Waals surface area contributed by atoms with Gasteiger partial charge in [0.2, 0.25) is 11.5 Å². The minimum absolute atomic E-state index is 0.0326. The van der Waals surface area contributed by atoms with E-state index in [4.69, 9.17) is 0 Å². The first-order chi connectivity index (χ1) is 12.7. The Labute approximate surface area is 158 Å². The molecule has 4 N–H and O–H groups in total. The smallest absolute Gasteiger partial charge is 0.222 e. The van der Waals surface area contributed by atoms with Crippen LogP contribution in [0.3, 0.4) is 0 Å². The molecule has 1 aromatic carbocycles. The van der Waals surface area contributed by atoms with E-state index in [2.05, 4.69) is 4.99 Å². The molecule has 2 aliphatic rings. The number of nitrogens with zero attached hydrogens (tertiary/aromatic N) is 1. The van der Waals surface area contributed by atoms with Gasteiger partial charge in [0.15, 0.2) is 5.71 Å². The maximum atomic E-state index is 12.8. The fourth-order valence-electron chi connectivity index (χ4n) is 3.59. The van der Waals surface area contributed by atoms with Crippen LogP contribution in [0.1, 0.15) is 40.2 Å². The summed E-state index contributed by atoms with van der Waals surface area (Å²) >= 11 is 0. The van der Waals surface area contributed by atoms with Crippen molar-refractivity contribution < 1.29 is 25.1 Å². The molecule has 0 fully saturated rings. The number of allylic oxidation sites excluding steroid dienone is 4. The van der Waals surface area contributed by atoms with Gasteiger partial charge in [-0.3, -0.25) is 4.79 Å². The van der Waals surface area contributed by atoms with Crippen molar-refractivity contribution in [3.63, 3.8) is 0 Å². The molecular weight excluding hydrogens is 344 g/mol. The molecular formula is C21H25N2O4+. The molecule has 1 heterocycles. The zero-order valence-electron chi connectivity index (χ0n) is 16.3. The monoisotopic (exact) mass is 369 g/mol. The molecule has 142 valence electrons. The average Bonchev–Trinajstić information content (AvgIpc) is 2.86. The van der Waals surface area contributed by atoms with E-state index in [0.29, 0.717) is 24.5 Å². The van der Waals surface area contributed by atoms with Crippen LogP contribution in [0.4, 0.5) is 5.69 Å². The molecule has 6 nitrogen and oxygen atoms in total. The van der Waals surface area contributed by atoms with Crippen LogP contribution < -0.4 is 9.89 Å². The van der Waals surface area contributed by atoms with E-state index < -0.39 is 5.78 Å². The minimum Gasteiger partial charge on any atom is -0.507 e. The molecule has 0 saturated carbocycles. The summed E-state index contributed by atoms with van der Waals surface area (Å²) in [5, 5.41) is 31.4. The lowest BCUT2D eigenvalue weighted by Gasteiger charge is -2.25. The molecule has 0 aromatic heterocycles. The number of Topliss-reactive ketones (excluding diaryl/α,β-unsaturated/α-hetero) is 1. The molecule has 1 aromatic rings. The highest BCUT2D eigenvalue weighted by Crippen LogP contribution is 2.46. The molecule has 0 radical (unpaired) electrons. The number of rotatable bonds is 4. The number of benzene rings is 1. The molecule has 0 amide bonds. The van der Waals surface area contributed by atoms with Crippen molar-refractivity contribution in [2.75, 3.05) is 18.0 Å². The quantitative estimate of drug-likeness (QED) is 0.609. The third-order valence-electron chi connectivity index (χ3n) is 5.45. The van der Waals surface area contributed by atoms with Gasteiger partial charge in [-0.05, 0) is 27.7 Å². The molecule has 0 spiro atoms. The topological polar surface area (TPSA) is 95.0 Å². The van der Waals surface area contributed by atoms with Gasteiger partial charge < -0.3 is 20.2 Å². The van der Waals surface area contributed by atoms with Gasteiger partial charge in [-0.1, -0.05) is 0 Å². The van der Waals surface area contributed by atoms with Crippen LogP contribution in [0.5, 0.6) is 11.5 Å². The van der Waals surface area contributed by atoms with E-state index in [1.54, 1.807) is 0 Å². The van der Waals surface area contributed by atoms with Crippen LogP contribution in [-0.2, 0) is 4.79 Å². The highest BCUT2D eigenvalue weighted by atomic mass is 16.3. The lowest BCUT2D eigenvalue weighted by atomic mass is 9.80. The van der Waals surface area contributed by atoms with Gasteiger partial charge >= 0.3 is 0 Å². The van der Waals surface area contributed by atoms with Crippen LogP contribution in [0, 0.1) is 0 Å². The zero-order chi connectivity index (χ0) is 20.0. The fraction of sp³-hybridized carbons (Fsp3) is 0.333. The van der Waals surface area contributed by atoms with Crippen molar-refractivity contribution in [2.24, 2.45) is 0 Å². The van der Waals surface area contributed by atoms with E-state index in [0.717, 1.165) is 16.9 Å². The van der Waals surface area contributed by atoms with Crippen LogP contribution in [0.25, 0.3) is 5.57 Å². The van der Waals surface area contributed by atoms with E-state index in [1.807, 2.05) is 39.5 Å². The molecule has 0 bridgehead atoms. The van der Waals surface area contributed by atoms with Crippen molar-refractivity contribution in [1.82, 2.24) is 0 Å². The number of carbonyl (C=O) groups is 1. The summed E-state index contributed by atoms with van der Waals surface area (Å²) in [6, 6.07) is 3.00. The number of anilines is 1. The summed E-state index contributed by atoms with van der Waals surface area (Å²) < 4.78 is 0. The van der Waals surface area contributed by atoms with E-state index in [9.17, 15) is 20.1 Å². The first-order valence-electron chi connectivity index (χ1n) is 9.05. The maximum Gasteiger partial charge on any atom is 0.222 e. The molecule has 1 aliphatic heterocycles. The molecule has 1 aliphatic carbocycles. The Morgan fingerprint density at radius 2 is 1.48 bits per heavy atom. The fourth-order valence-corrected chi connectivity index (χ4v) is 3.59. The third-order valence-corrected chi connectivity index (χ3v) is 5.45. The van der Waals surface area contributed by atoms with Crippen molar-refractivity contribution in [3.05, 3.63) is 45.9 Å². The second-order valence-electron chi connectivity index (χ2n) is 6.83. The van der Waals surface area contributed by atoms with Gasteiger partial charge in [0.25, 0.3) is 0 Å². The van der Waals surface area contributed by atoms with Crippen LogP contribution in [-0.4, -0.2) is 39.9 Å². The Balaban J connectivity index is 2.12. The summed E-state index contributed by atoms with van der Waals surface area (Å²) in [7, 11) is 0. The number of hydrogen-bond donors (Lipinski definition) is 4. The van der Waals surface area contributed by atoms with E-state index in [-0.39, 0.29) is 34.0 Å². The highest BCUT2D eigenvalue weighted by Gasteiger charge is 2.44. The molecule has 0 atom stereocenters. The van der Waals surface area contributed by atoms with Gasteiger partial charge in [-0.15, -0.1) is 0 Å².